The molecule has 1 aliphatic rings. The lowest BCUT2D eigenvalue weighted by molar-refractivity contribution is 0.102. The second kappa shape index (κ2) is 7.10. The maximum absolute atomic E-state index is 12.4. The van der Waals surface area contributed by atoms with E-state index in [1.54, 1.807) is 12.4 Å². The van der Waals surface area contributed by atoms with Gasteiger partial charge in [-0.15, -0.1) is 10.2 Å². The quantitative estimate of drug-likeness (QED) is 0.763. The zero-order valence-corrected chi connectivity index (χ0v) is 14.3. The van der Waals surface area contributed by atoms with Gasteiger partial charge in [0.1, 0.15) is 11.3 Å². The Morgan fingerprint density at radius 2 is 1.96 bits per heavy atom. The molecule has 7 nitrogen and oxygen atoms in total. The Balaban J connectivity index is 1.44. The molecule has 4 rings (SSSR count). The Labute approximate surface area is 148 Å². The van der Waals surface area contributed by atoms with Crippen LogP contribution in [0.3, 0.4) is 0 Å². The molecule has 3 aromatic rings. The van der Waals surface area contributed by atoms with Crippen molar-refractivity contribution in [3.63, 3.8) is 0 Å². The van der Waals surface area contributed by atoms with E-state index in [2.05, 4.69) is 25.5 Å². The first-order valence-corrected chi connectivity index (χ1v) is 9.12. The number of carbonyl (C=O) groups excluding carboxylic acids is 1. The summed E-state index contributed by atoms with van der Waals surface area (Å²) in [6.45, 7) is 0. The predicted molar refractivity (Wildman–Crippen MR) is 93.4 cm³/mol. The topological polar surface area (TPSA) is 93.8 Å². The van der Waals surface area contributed by atoms with E-state index >= 15 is 0 Å². The van der Waals surface area contributed by atoms with E-state index in [1.807, 2.05) is 12.1 Å². The van der Waals surface area contributed by atoms with E-state index in [4.69, 9.17) is 4.42 Å². The van der Waals surface area contributed by atoms with Gasteiger partial charge in [0, 0.05) is 23.9 Å². The van der Waals surface area contributed by atoms with Gasteiger partial charge >= 0.3 is 0 Å². The second-order valence-corrected chi connectivity index (χ2v) is 6.99. The molecule has 0 atom stereocenters. The molecule has 0 radical (unpaired) electrons. The van der Waals surface area contributed by atoms with Crippen molar-refractivity contribution < 1.29 is 9.21 Å². The molecule has 0 unspecified atom stereocenters. The number of anilines is 1. The number of carbonyl (C=O) groups is 1. The van der Waals surface area contributed by atoms with Gasteiger partial charge in [0.15, 0.2) is 11.6 Å². The van der Waals surface area contributed by atoms with Crippen LogP contribution in [0.15, 0.2) is 35.2 Å². The van der Waals surface area contributed by atoms with Crippen LogP contribution in [0.25, 0.3) is 10.6 Å². The van der Waals surface area contributed by atoms with Crippen LogP contribution in [0.2, 0.25) is 0 Å². The van der Waals surface area contributed by atoms with Crippen molar-refractivity contribution in [3.8, 4) is 10.6 Å². The van der Waals surface area contributed by atoms with Crippen LogP contribution in [0, 0.1) is 0 Å². The van der Waals surface area contributed by atoms with Crippen molar-refractivity contribution >= 4 is 22.4 Å². The monoisotopic (exact) mass is 355 g/mol. The number of amides is 1. The number of rotatable bonds is 4. The van der Waals surface area contributed by atoms with Gasteiger partial charge in [-0.25, -0.2) is 4.98 Å². The fraction of sp³-hybridized carbons (Fsp3) is 0.353. The molecule has 1 aliphatic carbocycles. The molecule has 8 heteroatoms. The number of nitrogens with zero attached hydrogens (tertiary/aromatic N) is 4. The highest BCUT2D eigenvalue weighted by Gasteiger charge is 2.22. The van der Waals surface area contributed by atoms with E-state index in [0.29, 0.717) is 16.9 Å². The van der Waals surface area contributed by atoms with Crippen molar-refractivity contribution in [2.75, 3.05) is 5.32 Å². The smallest absolute Gasteiger partial charge is 0.279 e. The van der Waals surface area contributed by atoms with Crippen molar-refractivity contribution in [1.82, 2.24) is 20.2 Å². The zero-order valence-electron chi connectivity index (χ0n) is 13.5. The van der Waals surface area contributed by atoms with E-state index in [0.717, 1.165) is 23.4 Å². The van der Waals surface area contributed by atoms with E-state index in [1.165, 1.54) is 36.9 Å². The standard InChI is InChI=1S/C17H17N5O2S/c23-14(13-10-24-15(19-13)11-4-2-1-3-5-11)20-17-22-21-16(25-17)12-6-8-18-9-7-12/h6-11H,1-5H2,(H,20,22,23). The van der Waals surface area contributed by atoms with Crippen molar-refractivity contribution in [3.05, 3.63) is 42.4 Å². The summed E-state index contributed by atoms with van der Waals surface area (Å²) in [5, 5.41) is 12.0. The molecule has 0 aromatic carbocycles. The Bertz CT molecular complexity index is 855. The number of nitrogens with one attached hydrogen (secondary N) is 1. The normalized spacial score (nSPS) is 15.2. The number of hydrogen-bond donors (Lipinski definition) is 1. The molecule has 3 aromatic heterocycles. The van der Waals surface area contributed by atoms with Crippen molar-refractivity contribution in [2.45, 2.75) is 38.0 Å². The first kappa shape index (κ1) is 15.9. The maximum atomic E-state index is 12.4. The molecule has 1 fully saturated rings. The summed E-state index contributed by atoms with van der Waals surface area (Å²) >= 11 is 1.30. The highest BCUT2D eigenvalue weighted by atomic mass is 32.1. The van der Waals surface area contributed by atoms with Gasteiger partial charge in [-0.1, -0.05) is 30.6 Å². The number of pyridine rings is 1. The molecule has 1 amide bonds. The Morgan fingerprint density at radius 3 is 2.76 bits per heavy atom. The minimum atomic E-state index is -0.330. The summed E-state index contributed by atoms with van der Waals surface area (Å²) in [7, 11) is 0. The number of aromatic nitrogens is 4. The summed E-state index contributed by atoms with van der Waals surface area (Å²) in [6.07, 6.45) is 10.6. The van der Waals surface area contributed by atoms with E-state index in [9.17, 15) is 4.79 Å². The summed E-state index contributed by atoms with van der Waals surface area (Å²) in [6, 6.07) is 3.69. The fourth-order valence-electron chi connectivity index (χ4n) is 2.97. The summed E-state index contributed by atoms with van der Waals surface area (Å²) < 4.78 is 5.53. The van der Waals surface area contributed by atoms with Crippen LogP contribution in [-0.2, 0) is 0 Å². The molecule has 1 saturated carbocycles. The number of oxazole rings is 1. The van der Waals surface area contributed by atoms with Crippen LogP contribution in [-0.4, -0.2) is 26.1 Å². The minimum absolute atomic E-state index is 0.279. The number of hydrogen-bond acceptors (Lipinski definition) is 7. The van der Waals surface area contributed by atoms with Gasteiger partial charge in [0.05, 0.1) is 0 Å². The third-order valence-electron chi connectivity index (χ3n) is 4.28. The maximum Gasteiger partial charge on any atom is 0.279 e. The van der Waals surface area contributed by atoms with Crippen LogP contribution in [0.4, 0.5) is 5.13 Å². The van der Waals surface area contributed by atoms with Gasteiger partial charge in [-0.3, -0.25) is 15.1 Å². The molecular weight excluding hydrogens is 338 g/mol. The van der Waals surface area contributed by atoms with Gasteiger partial charge in [0.25, 0.3) is 5.91 Å². The molecule has 128 valence electrons. The molecule has 0 bridgehead atoms. The molecule has 25 heavy (non-hydrogen) atoms. The predicted octanol–water partition coefficient (Wildman–Crippen LogP) is 3.89. The van der Waals surface area contributed by atoms with Gasteiger partial charge in [-0.2, -0.15) is 0 Å². The fourth-order valence-corrected chi connectivity index (χ4v) is 3.72. The highest BCUT2D eigenvalue weighted by Crippen LogP contribution is 2.32. The van der Waals surface area contributed by atoms with Crippen LogP contribution < -0.4 is 5.32 Å². The molecule has 3 heterocycles. The lowest BCUT2D eigenvalue weighted by Crippen LogP contribution is -2.13. The molecule has 0 aliphatic heterocycles. The third-order valence-corrected chi connectivity index (χ3v) is 5.17. The molecule has 0 saturated heterocycles. The van der Waals surface area contributed by atoms with Gasteiger partial charge < -0.3 is 4.42 Å². The molecule has 0 spiro atoms. The Hall–Kier alpha value is -2.61. The van der Waals surface area contributed by atoms with Crippen LogP contribution >= 0.6 is 11.3 Å². The van der Waals surface area contributed by atoms with Gasteiger partial charge in [-0.05, 0) is 25.0 Å². The van der Waals surface area contributed by atoms with E-state index in [-0.39, 0.29) is 11.6 Å². The largest absolute Gasteiger partial charge is 0.448 e. The summed E-state index contributed by atoms with van der Waals surface area (Å²) in [5.74, 6) is 0.665. The van der Waals surface area contributed by atoms with Crippen LogP contribution in [0.1, 0.15) is 54.4 Å². The zero-order chi connectivity index (χ0) is 17.1. The average Bonchev–Trinajstić information content (AvgIpc) is 3.33. The first-order valence-electron chi connectivity index (χ1n) is 8.30. The van der Waals surface area contributed by atoms with E-state index < -0.39 is 0 Å². The summed E-state index contributed by atoms with van der Waals surface area (Å²) in [5.41, 5.74) is 1.19. The SMILES string of the molecule is O=C(Nc1nnc(-c2ccncc2)s1)c1coc(C2CCCCC2)n1. The summed E-state index contributed by atoms with van der Waals surface area (Å²) in [4.78, 5) is 20.7. The lowest BCUT2D eigenvalue weighted by Gasteiger charge is -2.17. The van der Waals surface area contributed by atoms with Crippen molar-refractivity contribution in [2.24, 2.45) is 0 Å². The highest BCUT2D eigenvalue weighted by molar-refractivity contribution is 7.18. The first-order chi connectivity index (χ1) is 12.3. The average molecular weight is 355 g/mol. The Morgan fingerprint density at radius 1 is 1.16 bits per heavy atom. The van der Waals surface area contributed by atoms with Crippen molar-refractivity contribution in [1.29, 1.82) is 0 Å². The molecular formula is C17H17N5O2S. The third kappa shape index (κ3) is 3.58. The van der Waals surface area contributed by atoms with Gasteiger partial charge in [0.2, 0.25) is 5.13 Å². The molecule has 1 N–H and O–H groups in total. The van der Waals surface area contributed by atoms with Crippen LogP contribution in [0.5, 0.6) is 0 Å². The Kier molecular flexibility index (Phi) is 4.51. The second-order valence-electron chi connectivity index (χ2n) is 6.01. The minimum Gasteiger partial charge on any atom is -0.448 e. The lowest BCUT2D eigenvalue weighted by atomic mass is 9.89.